The van der Waals surface area contributed by atoms with Crippen LogP contribution in [0.2, 0.25) is 0 Å². The molecule has 8 heteroatoms. The molecule has 39 heavy (non-hydrogen) atoms. The second kappa shape index (κ2) is 10.6. The average molecular weight is 544 g/mol. The number of carbonyl (C=O) groups excluding carboxylic acids is 1. The van der Waals surface area contributed by atoms with Crippen LogP contribution in [0.3, 0.4) is 0 Å². The van der Waals surface area contributed by atoms with Gasteiger partial charge in [0.1, 0.15) is 11.3 Å². The van der Waals surface area contributed by atoms with E-state index in [4.69, 9.17) is 9.72 Å². The number of amides is 1. The van der Waals surface area contributed by atoms with Crippen molar-refractivity contribution in [3.8, 4) is 22.9 Å². The Morgan fingerprint density at radius 1 is 0.846 bits per heavy atom. The largest absolute Gasteiger partial charge is 0.438 e. The van der Waals surface area contributed by atoms with Gasteiger partial charge in [0.25, 0.3) is 15.9 Å². The molecule has 0 atom stereocenters. The number of pyridine rings is 2. The summed E-state index contributed by atoms with van der Waals surface area (Å²) < 4.78 is 34.4. The van der Waals surface area contributed by atoms with Crippen LogP contribution in [0, 0.1) is 27.7 Å². The highest BCUT2D eigenvalue weighted by Gasteiger charge is 2.26. The third-order valence-corrected chi connectivity index (χ3v) is 7.52. The smallest absolute Gasteiger partial charge is 0.281 e. The van der Waals surface area contributed by atoms with Crippen molar-refractivity contribution in [1.82, 2.24) is 14.7 Å². The molecular weight excluding hydrogens is 510 g/mol. The van der Waals surface area contributed by atoms with Crippen LogP contribution in [0.4, 0.5) is 0 Å². The molecule has 2 aromatic carbocycles. The molecule has 0 saturated carbocycles. The van der Waals surface area contributed by atoms with Gasteiger partial charge in [0, 0.05) is 11.3 Å². The second-order valence-electron chi connectivity index (χ2n) is 10.7. The van der Waals surface area contributed by atoms with Gasteiger partial charge in [-0.3, -0.25) is 4.79 Å². The normalized spacial score (nSPS) is 11.8. The van der Waals surface area contributed by atoms with E-state index in [1.807, 2.05) is 57.2 Å². The zero-order valence-corrected chi connectivity index (χ0v) is 24.1. The standard InChI is InChI=1S/C31H33N3O4S/c1-19-17-20(2)28(21(3)18-19)38-30-24(29(35)34-39(36,37)27-14-10-11-22(4)32-27)15-16-26(33-30)23-12-8-9-13-25(23)31(5,6)7/h8-18H,1-7H3,(H,34,35). The summed E-state index contributed by atoms with van der Waals surface area (Å²) in [5.74, 6) is -0.290. The Labute approximate surface area is 230 Å². The van der Waals surface area contributed by atoms with Gasteiger partial charge >= 0.3 is 0 Å². The van der Waals surface area contributed by atoms with Gasteiger partial charge in [-0.15, -0.1) is 0 Å². The molecule has 4 rings (SSSR count). The van der Waals surface area contributed by atoms with E-state index in [0.29, 0.717) is 17.1 Å². The quantitative estimate of drug-likeness (QED) is 0.295. The summed E-state index contributed by atoms with van der Waals surface area (Å²) in [5, 5.41) is -0.243. The van der Waals surface area contributed by atoms with Gasteiger partial charge in [0.2, 0.25) is 5.88 Å². The fraction of sp³-hybridized carbons (Fsp3) is 0.258. The molecule has 2 aromatic heterocycles. The predicted molar refractivity (Wildman–Crippen MR) is 153 cm³/mol. The van der Waals surface area contributed by atoms with E-state index in [9.17, 15) is 13.2 Å². The van der Waals surface area contributed by atoms with E-state index >= 15 is 0 Å². The van der Waals surface area contributed by atoms with E-state index in [0.717, 1.165) is 27.8 Å². The minimum atomic E-state index is -4.22. The highest BCUT2D eigenvalue weighted by Crippen LogP contribution is 2.36. The summed E-state index contributed by atoms with van der Waals surface area (Å²) in [7, 11) is -4.22. The van der Waals surface area contributed by atoms with Crippen LogP contribution in [-0.4, -0.2) is 24.3 Å². The predicted octanol–water partition coefficient (Wildman–Crippen LogP) is 6.59. The molecule has 2 heterocycles. The fourth-order valence-corrected chi connectivity index (χ4v) is 5.50. The Bertz CT molecular complexity index is 1650. The first-order chi connectivity index (χ1) is 18.3. The van der Waals surface area contributed by atoms with Crippen molar-refractivity contribution >= 4 is 15.9 Å². The van der Waals surface area contributed by atoms with Crippen LogP contribution in [0.1, 0.15) is 59.1 Å². The summed E-state index contributed by atoms with van der Waals surface area (Å²) in [6.45, 7) is 13.9. The molecule has 202 valence electrons. The lowest BCUT2D eigenvalue weighted by molar-refractivity contribution is 0.0978. The Kier molecular flexibility index (Phi) is 7.61. The van der Waals surface area contributed by atoms with Crippen molar-refractivity contribution in [1.29, 1.82) is 0 Å². The van der Waals surface area contributed by atoms with Crippen LogP contribution in [0.5, 0.6) is 11.6 Å². The molecule has 0 fully saturated rings. The minimum Gasteiger partial charge on any atom is -0.438 e. The molecule has 4 aromatic rings. The van der Waals surface area contributed by atoms with E-state index in [1.54, 1.807) is 31.2 Å². The van der Waals surface area contributed by atoms with Crippen LogP contribution in [-0.2, 0) is 15.4 Å². The maximum atomic E-state index is 13.4. The van der Waals surface area contributed by atoms with E-state index in [2.05, 4.69) is 30.5 Å². The van der Waals surface area contributed by atoms with Gasteiger partial charge in [-0.1, -0.05) is 68.8 Å². The Morgan fingerprint density at radius 2 is 1.51 bits per heavy atom. The topological polar surface area (TPSA) is 98.2 Å². The molecular formula is C31H33N3O4S. The molecule has 0 unspecified atom stereocenters. The Morgan fingerprint density at radius 3 is 2.15 bits per heavy atom. The number of hydrogen-bond donors (Lipinski definition) is 1. The molecule has 1 N–H and O–H groups in total. The number of aromatic nitrogens is 2. The first-order valence-electron chi connectivity index (χ1n) is 12.6. The van der Waals surface area contributed by atoms with Crippen LogP contribution >= 0.6 is 0 Å². The summed E-state index contributed by atoms with van der Waals surface area (Å²) in [4.78, 5) is 22.2. The molecule has 0 aliphatic rings. The van der Waals surface area contributed by atoms with Gasteiger partial charge in [-0.05, 0) is 74.1 Å². The monoisotopic (exact) mass is 543 g/mol. The number of hydrogen-bond acceptors (Lipinski definition) is 6. The van der Waals surface area contributed by atoms with Gasteiger partial charge in [-0.25, -0.2) is 14.7 Å². The molecule has 0 aliphatic carbocycles. The van der Waals surface area contributed by atoms with Gasteiger partial charge in [0.05, 0.1) is 5.69 Å². The molecule has 0 aliphatic heterocycles. The van der Waals surface area contributed by atoms with E-state index in [-0.39, 0.29) is 21.9 Å². The molecule has 0 bridgehead atoms. The van der Waals surface area contributed by atoms with Crippen molar-refractivity contribution < 1.29 is 17.9 Å². The highest BCUT2D eigenvalue weighted by atomic mass is 32.2. The summed E-state index contributed by atoms with van der Waals surface area (Å²) in [5.41, 5.74) is 5.76. The summed E-state index contributed by atoms with van der Waals surface area (Å²) in [6.07, 6.45) is 0. The lowest BCUT2D eigenvalue weighted by Crippen LogP contribution is -2.31. The highest BCUT2D eigenvalue weighted by molar-refractivity contribution is 7.90. The number of ether oxygens (including phenoxy) is 1. The SMILES string of the molecule is Cc1cc(C)c(Oc2nc(-c3ccccc3C(C)(C)C)ccc2C(=O)NS(=O)(=O)c2cccc(C)n2)c(C)c1. The molecule has 0 saturated heterocycles. The van der Waals surface area contributed by atoms with Crippen molar-refractivity contribution in [2.45, 2.75) is 58.9 Å². The number of rotatable bonds is 6. The van der Waals surface area contributed by atoms with E-state index < -0.39 is 15.9 Å². The van der Waals surface area contributed by atoms with Crippen LogP contribution in [0.15, 0.2) is 71.8 Å². The number of aryl methyl sites for hydroxylation is 4. The lowest BCUT2D eigenvalue weighted by Gasteiger charge is -2.23. The van der Waals surface area contributed by atoms with Crippen LogP contribution < -0.4 is 9.46 Å². The lowest BCUT2D eigenvalue weighted by atomic mass is 9.83. The number of sulfonamides is 1. The molecule has 7 nitrogen and oxygen atoms in total. The first-order valence-corrected chi connectivity index (χ1v) is 14.1. The Hall–Kier alpha value is -4.04. The van der Waals surface area contributed by atoms with Crippen molar-refractivity contribution in [2.24, 2.45) is 0 Å². The maximum Gasteiger partial charge on any atom is 0.281 e. The zero-order chi connectivity index (χ0) is 28.5. The number of nitrogens with zero attached hydrogens (tertiary/aromatic N) is 2. The van der Waals surface area contributed by atoms with Crippen molar-refractivity contribution in [3.05, 3.63) is 100 Å². The van der Waals surface area contributed by atoms with Gasteiger partial charge < -0.3 is 4.74 Å². The number of carbonyl (C=O) groups is 1. The summed E-state index contributed by atoms with van der Waals surface area (Å²) >= 11 is 0. The average Bonchev–Trinajstić information content (AvgIpc) is 2.85. The van der Waals surface area contributed by atoms with E-state index in [1.165, 1.54) is 6.07 Å². The van der Waals surface area contributed by atoms with Gasteiger partial charge in [-0.2, -0.15) is 8.42 Å². The summed E-state index contributed by atoms with van der Waals surface area (Å²) in [6, 6.07) is 19.7. The molecule has 0 spiro atoms. The van der Waals surface area contributed by atoms with Crippen LogP contribution in [0.25, 0.3) is 11.3 Å². The zero-order valence-electron chi connectivity index (χ0n) is 23.3. The molecule has 0 radical (unpaired) electrons. The second-order valence-corrected chi connectivity index (χ2v) is 12.4. The third kappa shape index (κ3) is 6.17. The maximum absolute atomic E-state index is 13.4. The minimum absolute atomic E-state index is 0.0103. The number of nitrogens with one attached hydrogen (secondary N) is 1. The fourth-order valence-electron chi connectivity index (χ4n) is 4.52. The Balaban J connectivity index is 1.83. The first kappa shape index (κ1) is 28.0. The van der Waals surface area contributed by atoms with Crippen molar-refractivity contribution in [3.63, 3.8) is 0 Å². The third-order valence-electron chi connectivity index (χ3n) is 6.28. The van der Waals surface area contributed by atoms with Gasteiger partial charge in [0.15, 0.2) is 5.03 Å². The van der Waals surface area contributed by atoms with Crippen molar-refractivity contribution in [2.75, 3.05) is 0 Å². The molecule has 1 amide bonds. The number of benzene rings is 2.